The van der Waals surface area contributed by atoms with Crippen molar-refractivity contribution in [1.82, 2.24) is 5.43 Å². The molecule has 0 bridgehead atoms. The molecule has 0 heterocycles. The third-order valence-electron chi connectivity index (χ3n) is 4.08. The van der Waals surface area contributed by atoms with E-state index in [-0.39, 0.29) is 5.91 Å². The number of nitrogen functional groups attached to an aromatic ring is 1. The normalized spacial score (nSPS) is 10.7. The molecule has 148 valence electrons. The number of amides is 1. The van der Waals surface area contributed by atoms with E-state index >= 15 is 0 Å². The minimum absolute atomic E-state index is 0.374. The molecule has 0 aromatic heterocycles. The van der Waals surface area contributed by atoms with Crippen LogP contribution in [0, 0.1) is 0 Å². The van der Waals surface area contributed by atoms with Gasteiger partial charge in [0.05, 0.1) is 18.9 Å². The average molecular weight is 454 g/mol. The first-order valence-electron chi connectivity index (χ1n) is 8.80. The van der Waals surface area contributed by atoms with Gasteiger partial charge in [0.1, 0.15) is 6.61 Å². The van der Waals surface area contributed by atoms with Crippen molar-refractivity contribution < 1.29 is 14.3 Å². The van der Waals surface area contributed by atoms with Gasteiger partial charge in [-0.3, -0.25) is 4.79 Å². The van der Waals surface area contributed by atoms with Gasteiger partial charge in [-0.25, -0.2) is 5.43 Å². The molecular weight excluding hydrogens is 434 g/mol. The number of halogens is 1. The highest BCUT2D eigenvalue weighted by molar-refractivity contribution is 9.10. The van der Waals surface area contributed by atoms with E-state index in [9.17, 15) is 4.79 Å². The Bertz CT molecular complexity index is 1020. The van der Waals surface area contributed by atoms with Gasteiger partial charge in [-0.05, 0) is 53.6 Å². The van der Waals surface area contributed by atoms with E-state index in [4.69, 9.17) is 15.2 Å². The van der Waals surface area contributed by atoms with Crippen molar-refractivity contribution in [3.05, 3.63) is 87.9 Å². The Hall–Kier alpha value is -3.32. The summed E-state index contributed by atoms with van der Waals surface area (Å²) in [4.78, 5) is 12.1. The molecule has 3 N–H and O–H groups in total. The predicted molar refractivity (Wildman–Crippen MR) is 117 cm³/mol. The second kappa shape index (κ2) is 9.75. The van der Waals surface area contributed by atoms with Crippen LogP contribution >= 0.6 is 15.9 Å². The van der Waals surface area contributed by atoms with Crippen molar-refractivity contribution in [2.75, 3.05) is 12.8 Å². The number of para-hydroxylation sites is 1. The molecule has 3 aromatic carbocycles. The summed E-state index contributed by atoms with van der Waals surface area (Å²) in [5, 5.41) is 3.99. The first-order chi connectivity index (χ1) is 14.1. The van der Waals surface area contributed by atoms with Crippen LogP contribution in [-0.2, 0) is 6.61 Å². The number of ether oxygens (including phenoxy) is 2. The number of nitrogens with two attached hydrogens (primary N) is 1. The fraction of sp³-hybridized carbons (Fsp3) is 0.0909. The highest BCUT2D eigenvalue weighted by Crippen LogP contribution is 2.28. The Morgan fingerprint density at radius 1 is 1.10 bits per heavy atom. The van der Waals surface area contributed by atoms with Crippen molar-refractivity contribution in [2.24, 2.45) is 5.10 Å². The first-order valence-corrected chi connectivity index (χ1v) is 9.59. The predicted octanol–water partition coefficient (Wildman–Crippen LogP) is 4.38. The zero-order chi connectivity index (χ0) is 20.6. The number of anilines is 1. The van der Waals surface area contributed by atoms with Gasteiger partial charge in [-0.15, -0.1) is 0 Å². The van der Waals surface area contributed by atoms with Crippen molar-refractivity contribution in [1.29, 1.82) is 0 Å². The summed E-state index contributed by atoms with van der Waals surface area (Å²) < 4.78 is 12.3. The lowest BCUT2D eigenvalue weighted by Gasteiger charge is -2.11. The second-order valence-electron chi connectivity index (χ2n) is 6.11. The van der Waals surface area contributed by atoms with Crippen LogP contribution in [0.3, 0.4) is 0 Å². The van der Waals surface area contributed by atoms with Crippen LogP contribution < -0.4 is 20.6 Å². The van der Waals surface area contributed by atoms with Gasteiger partial charge in [0, 0.05) is 10.2 Å². The monoisotopic (exact) mass is 453 g/mol. The molecule has 0 atom stereocenters. The Kier molecular flexibility index (Phi) is 6.86. The van der Waals surface area contributed by atoms with Gasteiger partial charge in [0.25, 0.3) is 5.91 Å². The van der Waals surface area contributed by atoms with Gasteiger partial charge in [0.2, 0.25) is 0 Å². The smallest absolute Gasteiger partial charge is 0.273 e. The molecule has 7 heteroatoms. The van der Waals surface area contributed by atoms with Crippen molar-refractivity contribution >= 4 is 33.7 Å². The third-order valence-corrected chi connectivity index (χ3v) is 4.61. The molecular formula is C22H20BrN3O3. The third kappa shape index (κ3) is 5.58. The maximum Gasteiger partial charge on any atom is 0.273 e. The molecule has 0 saturated carbocycles. The fourth-order valence-corrected chi connectivity index (χ4v) is 2.82. The number of hydrogen-bond acceptors (Lipinski definition) is 5. The zero-order valence-electron chi connectivity index (χ0n) is 15.8. The van der Waals surface area contributed by atoms with E-state index in [1.165, 1.54) is 6.21 Å². The minimum atomic E-state index is -0.374. The number of carbonyl (C=O) groups is 1. The average Bonchev–Trinajstić information content (AvgIpc) is 2.74. The summed E-state index contributed by atoms with van der Waals surface area (Å²) in [6.45, 7) is 0.422. The number of hydrazone groups is 1. The lowest BCUT2D eigenvalue weighted by Crippen LogP contribution is -2.19. The number of rotatable bonds is 7. The van der Waals surface area contributed by atoms with E-state index in [1.54, 1.807) is 43.5 Å². The lowest BCUT2D eigenvalue weighted by molar-refractivity contribution is 0.0956. The Labute approximate surface area is 177 Å². The van der Waals surface area contributed by atoms with Gasteiger partial charge in [0.15, 0.2) is 11.5 Å². The van der Waals surface area contributed by atoms with Crippen LogP contribution in [0.1, 0.15) is 21.5 Å². The van der Waals surface area contributed by atoms with E-state index in [0.717, 1.165) is 15.6 Å². The SMILES string of the molecule is COc1cc(C=NNC(=O)c2ccccc2N)ccc1OCc1ccc(Br)cc1. The summed E-state index contributed by atoms with van der Waals surface area (Å²) in [6.07, 6.45) is 1.53. The molecule has 0 aliphatic carbocycles. The molecule has 29 heavy (non-hydrogen) atoms. The quantitative estimate of drug-likeness (QED) is 0.315. The van der Waals surface area contributed by atoms with Crippen LogP contribution in [-0.4, -0.2) is 19.2 Å². The summed E-state index contributed by atoms with van der Waals surface area (Å²) >= 11 is 3.41. The fourth-order valence-electron chi connectivity index (χ4n) is 2.55. The van der Waals surface area contributed by atoms with Gasteiger partial charge >= 0.3 is 0 Å². The molecule has 3 aromatic rings. The van der Waals surface area contributed by atoms with E-state index in [2.05, 4.69) is 26.5 Å². The summed E-state index contributed by atoms with van der Waals surface area (Å²) in [7, 11) is 1.57. The summed E-state index contributed by atoms with van der Waals surface area (Å²) in [5.74, 6) is 0.819. The maximum atomic E-state index is 12.1. The number of hydrogen-bond donors (Lipinski definition) is 2. The summed E-state index contributed by atoms with van der Waals surface area (Å²) in [6, 6.07) is 20.1. The number of nitrogens with one attached hydrogen (secondary N) is 1. The molecule has 0 spiro atoms. The van der Waals surface area contributed by atoms with Crippen LogP contribution in [0.4, 0.5) is 5.69 Å². The molecule has 1 amide bonds. The highest BCUT2D eigenvalue weighted by atomic mass is 79.9. The molecule has 3 rings (SSSR count). The van der Waals surface area contributed by atoms with E-state index in [1.807, 2.05) is 30.3 Å². The van der Waals surface area contributed by atoms with Gasteiger partial charge in [-0.2, -0.15) is 5.10 Å². The Morgan fingerprint density at radius 3 is 2.59 bits per heavy atom. The van der Waals surface area contributed by atoms with Gasteiger partial charge in [-0.1, -0.05) is 40.2 Å². The molecule has 0 unspecified atom stereocenters. The van der Waals surface area contributed by atoms with Gasteiger partial charge < -0.3 is 15.2 Å². The number of benzene rings is 3. The molecule has 0 fully saturated rings. The Morgan fingerprint density at radius 2 is 1.86 bits per heavy atom. The zero-order valence-corrected chi connectivity index (χ0v) is 17.3. The molecule has 0 saturated heterocycles. The van der Waals surface area contributed by atoms with Crippen LogP contribution in [0.15, 0.2) is 76.3 Å². The van der Waals surface area contributed by atoms with Crippen molar-refractivity contribution in [3.63, 3.8) is 0 Å². The Balaban J connectivity index is 1.63. The summed E-state index contributed by atoms with van der Waals surface area (Å²) in [5.41, 5.74) is 10.8. The number of nitrogens with zero attached hydrogens (tertiary/aromatic N) is 1. The molecule has 0 radical (unpaired) electrons. The van der Waals surface area contributed by atoms with Crippen LogP contribution in [0.25, 0.3) is 0 Å². The standard InChI is InChI=1S/C22H20BrN3O3/c1-28-21-12-16(13-25-26-22(27)18-4-2-3-5-19(18)24)8-11-20(21)29-14-15-6-9-17(23)10-7-15/h2-13H,14,24H2,1H3,(H,26,27). The molecule has 0 aliphatic heterocycles. The number of carbonyl (C=O) groups excluding carboxylic acids is 1. The topological polar surface area (TPSA) is 85.9 Å². The van der Waals surface area contributed by atoms with E-state index in [0.29, 0.717) is 29.4 Å². The maximum absolute atomic E-state index is 12.1. The van der Waals surface area contributed by atoms with E-state index < -0.39 is 0 Å². The second-order valence-corrected chi connectivity index (χ2v) is 7.03. The minimum Gasteiger partial charge on any atom is -0.493 e. The lowest BCUT2D eigenvalue weighted by atomic mass is 10.2. The van der Waals surface area contributed by atoms with Crippen LogP contribution in [0.2, 0.25) is 0 Å². The van der Waals surface area contributed by atoms with Crippen molar-refractivity contribution in [2.45, 2.75) is 6.61 Å². The molecule has 6 nitrogen and oxygen atoms in total. The number of methoxy groups -OCH3 is 1. The van der Waals surface area contributed by atoms with Crippen LogP contribution in [0.5, 0.6) is 11.5 Å². The molecule has 0 aliphatic rings. The largest absolute Gasteiger partial charge is 0.493 e. The highest BCUT2D eigenvalue weighted by Gasteiger charge is 2.08. The van der Waals surface area contributed by atoms with Crippen molar-refractivity contribution in [3.8, 4) is 11.5 Å². The first kappa shape index (κ1) is 20.4.